The largest absolute Gasteiger partial charge is 0.465 e. The summed E-state index contributed by atoms with van der Waals surface area (Å²) in [5, 5.41) is 10.9. The van der Waals surface area contributed by atoms with E-state index in [2.05, 4.69) is 5.32 Å². The molecule has 0 fully saturated rings. The van der Waals surface area contributed by atoms with Gasteiger partial charge in [-0.2, -0.15) is 0 Å². The van der Waals surface area contributed by atoms with E-state index in [1.807, 2.05) is 32.9 Å². The Hall–Kier alpha value is -1.51. The molecule has 0 bridgehead atoms. The number of benzene rings is 1. The molecule has 0 radical (unpaired) electrons. The van der Waals surface area contributed by atoms with Gasteiger partial charge >= 0.3 is 6.09 Å². The van der Waals surface area contributed by atoms with Crippen LogP contribution in [0.25, 0.3) is 0 Å². The maximum Gasteiger partial charge on any atom is 0.409 e. The summed E-state index contributed by atoms with van der Waals surface area (Å²) in [7, 11) is 0. The zero-order chi connectivity index (χ0) is 10.0. The second kappa shape index (κ2) is 3.47. The third-order valence-corrected chi connectivity index (χ3v) is 2.05. The maximum atomic E-state index is 10.4. The SMILES string of the molecule is Cc1cc(C)c(C)c(NC(=O)O)c1. The Bertz CT molecular complexity index is 345. The summed E-state index contributed by atoms with van der Waals surface area (Å²) in [5.74, 6) is 0. The van der Waals surface area contributed by atoms with Crippen LogP contribution in [-0.2, 0) is 0 Å². The molecule has 0 aliphatic heterocycles. The molecular formula is C10H13NO2. The van der Waals surface area contributed by atoms with Crippen molar-refractivity contribution in [2.45, 2.75) is 20.8 Å². The molecule has 1 amide bonds. The average Bonchev–Trinajstić information content (AvgIpc) is 1.98. The van der Waals surface area contributed by atoms with Crippen LogP contribution in [0.2, 0.25) is 0 Å². The van der Waals surface area contributed by atoms with Crippen LogP contribution in [-0.4, -0.2) is 11.2 Å². The zero-order valence-electron chi connectivity index (χ0n) is 8.01. The van der Waals surface area contributed by atoms with Crippen LogP contribution in [0.4, 0.5) is 10.5 Å². The number of hydrogen-bond acceptors (Lipinski definition) is 1. The first-order valence-corrected chi connectivity index (χ1v) is 4.08. The quantitative estimate of drug-likeness (QED) is 0.696. The molecular weight excluding hydrogens is 166 g/mol. The Morgan fingerprint density at radius 2 is 1.92 bits per heavy atom. The highest BCUT2D eigenvalue weighted by atomic mass is 16.4. The van der Waals surface area contributed by atoms with Crippen LogP contribution >= 0.6 is 0 Å². The third kappa shape index (κ3) is 2.21. The van der Waals surface area contributed by atoms with Gasteiger partial charge in [0.2, 0.25) is 0 Å². The van der Waals surface area contributed by atoms with Gasteiger partial charge in [0.15, 0.2) is 0 Å². The molecule has 0 saturated heterocycles. The average molecular weight is 179 g/mol. The summed E-state index contributed by atoms with van der Waals surface area (Å²) in [6.45, 7) is 5.81. The summed E-state index contributed by atoms with van der Waals surface area (Å²) in [4.78, 5) is 10.4. The van der Waals surface area contributed by atoms with Gasteiger partial charge in [-0.15, -0.1) is 0 Å². The molecule has 1 rings (SSSR count). The highest BCUT2D eigenvalue weighted by Gasteiger charge is 2.04. The monoisotopic (exact) mass is 179 g/mol. The highest BCUT2D eigenvalue weighted by Crippen LogP contribution is 2.20. The van der Waals surface area contributed by atoms with Gasteiger partial charge in [0.25, 0.3) is 0 Å². The lowest BCUT2D eigenvalue weighted by Gasteiger charge is -2.09. The molecule has 0 saturated carbocycles. The lowest BCUT2D eigenvalue weighted by Crippen LogP contribution is -2.09. The van der Waals surface area contributed by atoms with Crippen molar-refractivity contribution in [1.29, 1.82) is 0 Å². The van der Waals surface area contributed by atoms with E-state index in [1.165, 1.54) is 0 Å². The molecule has 70 valence electrons. The van der Waals surface area contributed by atoms with Gasteiger partial charge in [-0.1, -0.05) is 6.07 Å². The number of nitrogens with one attached hydrogen (secondary N) is 1. The van der Waals surface area contributed by atoms with E-state index in [0.29, 0.717) is 5.69 Å². The first-order chi connectivity index (χ1) is 6.00. The smallest absolute Gasteiger partial charge is 0.409 e. The van der Waals surface area contributed by atoms with Crippen LogP contribution < -0.4 is 5.32 Å². The molecule has 0 aromatic heterocycles. The molecule has 3 heteroatoms. The molecule has 0 aliphatic rings. The van der Waals surface area contributed by atoms with E-state index in [1.54, 1.807) is 0 Å². The van der Waals surface area contributed by atoms with Crippen molar-refractivity contribution < 1.29 is 9.90 Å². The van der Waals surface area contributed by atoms with Gasteiger partial charge in [0.05, 0.1) is 0 Å². The molecule has 13 heavy (non-hydrogen) atoms. The second-order valence-corrected chi connectivity index (χ2v) is 3.18. The van der Waals surface area contributed by atoms with Gasteiger partial charge in [0.1, 0.15) is 0 Å². The standard InChI is InChI=1S/C10H13NO2/c1-6-4-7(2)8(3)9(5-6)11-10(12)13/h4-5,11H,1-3H3,(H,12,13). The first-order valence-electron chi connectivity index (χ1n) is 4.08. The lowest BCUT2D eigenvalue weighted by molar-refractivity contribution is 0.209. The molecule has 1 aromatic carbocycles. The minimum absolute atomic E-state index is 0.671. The Morgan fingerprint density at radius 1 is 1.31 bits per heavy atom. The summed E-state index contributed by atoms with van der Waals surface area (Å²) in [6, 6.07) is 3.86. The fourth-order valence-corrected chi connectivity index (χ4v) is 1.28. The fraction of sp³-hybridized carbons (Fsp3) is 0.300. The van der Waals surface area contributed by atoms with Crippen molar-refractivity contribution in [3.63, 3.8) is 0 Å². The molecule has 0 heterocycles. The van der Waals surface area contributed by atoms with E-state index >= 15 is 0 Å². The maximum absolute atomic E-state index is 10.4. The minimum atomic E-state index is -1.02. The van der Waals surface area contributed by atoms with E-state index in [0.717, 1.165) is 16.7 Å². The van der Waals surface area contributed by atoms with Crippen molar-refractivity contribution in [3.8, 4) is 0 Å². The molecule has 0 aliphatic carbocycles. The number of rotatable bonds is 1. The van der Waals surface area contributed by atoms with Gasteiger partial charge in [-0.05, 0) is 43.5 Å². The number of aryl methyl sites for hydroxylation is 2. The summed E-state index contributed by atoms with van der Waals surface area (Å²) in [6.07, 6.45) is -1.02. The highest BCUT2D eigenvalue weighted by molar-refractivity contribution is 5.84. The van der Waals surface area contributed by atoms with Gasteiger partial charge in [0, 0.05) is 5.69 Å². The first kappa shape index (κ1) is 9.58. The second-order valence-electron chi connectivity index (χ2n) is 3.18. The zero-order valence-corrected chi connectivity index (χ0v) is 8.01. The summed E-state index contributed by atoms with van der Waals surface area (Å²) < 4.78 is 0. The fourth-order valence-electron chi connectivity index (χ4n) is 1.28. The van der Waals surface area contributed by atoms with Crippen molar-refractivity contribution in [1.82, 2.24) is 0 Å². The normalized spacial score (nSPS) is 9.77. The summed E-state index contributed by atoms with van der Waals surface area (Å²) in [5.41, 5.74) is 3.81. The molecule has 2 N–H and O–H groups in total. The van der Waals surface area contributed by atoms with Gasteiger partial charge < -0.3 is 5.11 Å². The van der Waals surface area contributed by atoms with Gasteiger partial charge in [-0.3, -0.25) is 5.32 Å². The van der Waals surface area contributed by atoms with Crippen LogP contribution in [0.1, 0.15) is 16.7 Å². The van der Waals surface area contributed by atoms with Crippen LogP contribution in [0, 0.1) is 20.8 Å². The number of carbonyl (C=O) groups is 1. The van der Waals surface area contributed by atoms with E-state index in [4.69, 9.17) is 5.11 Å². The Labute approximate surface area is 77.4 Å². The Balaban J connectivity index is 3.12. The summed E-state index contributed by atoms with van der Waals surface area (Å²) >= 11 is 0. The van der Waals surface area contributed by atoms with Crippen molar-refractivity contribution in [2.24, 2.45) is 0 Å². The van der Waals surface area contributed by atoms with Crippen LogP contribution in [0.3, 0.4) is 0 Å². The van der Waals surface area contributed by atoms with Crippen LogP contribution in [0.15, 0.2) is 12.1 Å². The minimum Gasteiger partial charge on any atom is -0.465 e. The molecule has 3 nitrogen and oxygen atoms in total. The van der Waals surface area contributed by atoms with Gasteiger partial charge in [-0.25, -0.2) is 4.79 Å². The van der Waals surface area contributed by atoms with Crippen LogP contribution in [0.5, 0.6) is 0 Å². The number of carboxylic acid groups (broad SMARTS) is 1. The molecule has 0 atom stereocenters. The van der Waals surface area contributed by atoms with E-state index in [-0.39, 0.29) is 0 Å². The topological polar surface area (TPSA) is 49.3 Å². The molecule has 1 aromatic rings. The molecule has 0 unspecified atom stereocenters. The predicted octanol–water partition coefficient (Wildman–Crippen LogP) is 2.70. The Morgan fingerprint density at radius 3 is 2.46 bits per heavy atom. The van der Waals surface area contributed by atoms with E-state index in [9.17, 15) is 4.79 Å². The number of anilines is 1. The van der Waals surface area contributed by atoms with Crippen molar-refractivity contribution in [3.05, 3.63) is 28.8 Å². The van der Waals surface area contributed by atoms with Crippen molar-refractivity contribution >= 4 is 11.8 Å². The predicted molar refractivity (Wildman–Crippen MR) is 52.3 cm³/mol. The third-order valence-electron chi connectivity index (χ3n) is 2.05. The lowest BCUT2D eigenvalue weighted by atomic mass is 10.0. The molecule has 0 spiro atoms. The number of hydrogen-bond donors (Lipinski definition) is 2. The van der Waals surface area contributed by atoms with Crippen molar-refractivity contribution in [2.75, 3.05) is 5.32 Å². The van der Waals surface area contributed by atoms with E-state index < -0.39 is 6.09 Å². The number of amides is 1. The Kier molecular flexibility index (Phi) is 2.56.